The summed E-state index contributed by atoms with van der Waals surface area (Å²) in [5.41, 5.74) is 5.46. The van der Waals surface area contributed by atoms with Gasteiger partial charge < -0.3 is 24.6 Å². The predicted octanol–water partition coefficient (Wildman–Crippen LogP) is 3.82. The lowest BCUT2D eigenvalue weighted by Crippen LogP contribution is -2.45. The van der Waals surface area contributed by atoms with E-state index in [-0.39, 0.29) is 29.6 Å². The van der Waals surface area contributed by atoms with Gasteiger partial charge in [0.1, 0.15) is 11.5 Å². The number of amides is 2. The lowest BCUT2D eigenvalue weighted by atomic mass is 9.78. The Morgan fingerprint density at radius 1 is 1.05 bits per heavy atom. The Morgan fingerprint density at radius 2 is 1.88 bits per heavy atom. The summed E-state index contributed by atoms with van der Waals surface area (Å²) in [5, 5.41) is 4.05. The normalized spacial score (nSPS) is 20.8. The highest BCUT2D eigenvalue weighted by Gasteiger charge is 2.42. The van der Waals surface area contributed by atoms with E-state index in [0.717, 1.165) is 73.1 Å². The molecule has 1 spiro atoms. The average molecular weight is 568 g/mol. The fourth-order valence-electron chi connectivity index (χ4n) is 7.57. The minimum atomic E-state index is -0.349. The topological polar surface area (TPSA) is 78.1 Å². The van der Waals surface area contributed by atoms with Gasteiger partial charge >= 0.3 is 6.03 Å². The first-order valence-electron chi connectivity index (χ1n) is 14.9. The molecule has 42 heavy (non-hydrogen) atoms. The molecule has 4 aliphatic heterocycles. The van der Waals surface area contributed by atoms with Crippen LogP contribution < -0.4 is 5.32 Å². The van der Waals surface area contributed by atoms with Crippen molar-refractivity contribution in [2.75, 3.05) is 46.3 Å². The summed E-state index contributed by atoms with van der Waals surface area (Å²) in [7, 11) is 2.17. The number of rotatable bonds is 2. The van der Waals surface area contributed by atoms with Gasteiger partial charge in [-0.1, -0.05) is 6.07 Å². The number of pyridine rings is 1. The number of hydrogen-bond acceptors (Lipinski definition) is 5. The molecular formula is C32H34FN7O2. The molecule has 4 aromatic rings. The molecule has 0 radical (unpaired) electrons. The Kier molecular flexibility index (Phi) is 5.72. The Morgan fingerprint density at radius 3 is 2.74 bits per heavy atom. The highest BCUT2D eigenvalue weighted by atomic mass is 19.1. The zero-order valence-corrected chi connectivity index (χ0v) is 23.8. The van der Waals surface area contributed by atoms with E-state index >= 15 is 4.39 Å². The number of ketones is 1. The van der Waals surface area contributed by atoms with Gasteiger partial charge in [0.05, 0.1) is 35.2 Å². The minimum Gasteiger partial charge on any atom is -0.376 e. The molecule has 1 aromatic carbocycles. The van der Waals surface area contributed by atoms with Gasteiger partial charge in [-0.05, 0) is 74.6 Å². The Labute approximate surface area is 243 Å². The van der Waals surface area contributed by atoms with Gasteiger partial charge in [0, 0.05) is 56.1 Å². The van der Waals surface area contributed by atoms with Crippen LogP contribution >= 0.6 is 0 Å². The number of nitrogens with one attached hydrogen (secondary N) is 1. The average Bonchev–Trinajstić information content (AvgIpc) is 3.74. The molecule has 2 amide bonds. The second-order valence-corrected chi connectivity index (χ2v) is 12.5. The number of carbonyl (C=O) groups is 2. The summed E-state index contributed by atoms with van der Waals surface area (Å²) in [6.07, 6.45) is 8.96. The van der Waals surface area contributed by atoms with Gasteiger partial charge in [-0.15, -0.1) is 0 Å². The molecular weight excluding hydrogens is 533 g/mol. The second-order valence-electron chi connectivity index (χ2n) is 12.5. The van der Waals surface area contributed by atoms with Crippen LogP contribution in [0.2, 0.25) is 0 Å². The van der Waals surface area contributed by atoms with Crippen molar-refractivity contribution in [3.05, 3.63) is 71.6 Å². The van der Waals surface area contributed by atoms with Gasteiger partial charge in [-0.3, -0.25) is 9.20 Å². The molecule has 0 unspecified atom stereocenters. The van der Waals surface area contributed by atoms with Crippen LogP contribution in [0.25, 0.3) is 27.8 Å². The second kappa shape index (κ2) is 9.42. The highest BCUT2D eigenvalue weighted by molar-refractivity contribution is 6.32. The third-order valence-corrected chi connectivity index (χ3v) is 9.91. The number of fused-ring (bicyclic) bond motifs is 1. The number of Topliss-reactive ketones (excluding diaryl/α,β-unsaturated/α-hetero) is 1. The fourth-order valence-corrected chi connectivity index (χ4v) is 7.57. The number of benzene rings is 1. The molecule has 216 valence electrons. The number of urea groups is 1. The Bertz CT molecular complexity index is 1790. The molecule has 2 saturated heterocycles. The van der Waals surface area contributed by atoms with Crippen LogP contribution in [-0.4, -0.2) is 86.8 Å². The van der Waals surface area contributed by atoms with Crippen molar-refractivity contribution in [1.29, 1.82) is 0 Å². The zero-order valence-electron chi connectivity index (χ0n) is 23.8. The number of imidazole rings is 1. The van der Waals surface area contributed by atoms with Crippen molar-refractivity contribution in [3.8, 4) is 0 Å². The van der Waals surface area contributed by atoms with Crippen molar-refractivity contribution in [2.45, 2.75) is 32.4 Å². The summed E-state index contributed by atoms with van der Waals surface area (Å²) in [4.78, 5) is 37.7. The van der Waals surface area contributed by atoms with Crippen LogP contribution in [0.5, 0.6) is 0 Å². The van der Waals surface area contributed by atoms with E-state index in [9.17, 15) is 9.59 Å². The lowest BCUT2D eigenvalue weighted by Gasteiger charge is -2.38. The molecule has 0 saturated carbocycles. The smallest absolute Gasteiger partial charge is 0.320 e. The fraction of sp³-hybridized carbons (Fsp3) is 0.406. The zero-order chi connectivity index (χ0) is 28.6. The molecule has 0 atom stereocenters. The van der Waals surface area contributed by atoms with E-state index in [0.29, 0.717) is 36.6 Å². The molecule has 7 heterocycles. The van der Waals surface area contributed by atoms with E-state index in [1.54, 1.807) is 18.3 Å². The van der Waals surface area contributed by atoms with Crippen LogP contribution in [0.3, 0.4) is 0 Å². The SMILES string of the molecule is CN1CCC2(CC1)CCN(C(=O)N1CCn3cc(C4=C(c5cnc6ccccn56)C(=O)CN4)c4cc(F)cc(c43)C1)C2. The maximum Gasteiger partial charge on any atom is 0.320 e. The number of likely N-dealkylation sites (tertiary alicyclic amines) is 2. The molecule has 9 nitrogen and oxygen atoms in total. The first-order chi connectivity index (χ1) is 20.4. The van der Waals surface area contributed by atoms with E-state index in [1.165, 1.54) is 0 Å². The number of hydrogen-bond donors (Lipinski definition) is 1. The first-order valence-corrected chi connectivity index (χ1v) is 14.9. The van der Waals surface area contributed by atoms with Crippen LogP contribution in [0.1, 0.15) is 36.1 Å². The predicted molar refractivity (Wildman–Crippen MR) is 158 cm³/mol. The monoisotopic (exact) mass is 567 g/mol. The third kappa shape index (κ3) is 3.95. The number of halogens is 1. The van der Waals surface area contributed by atoms with Gasteiger partial charge in [-0.25, -0.2) is 14.2 Å². The summed E-state index contributed by atoms with van der Waals surface area (Å²) in [5.74, 6) is -0.372. The summed E-state index contributed by atoms with van der Waals surface area (Å²) in [6.45, 7) is 5.43. The lowest BCUT2D eigenvalue weighted by molar-refractivity contribution is -0.112. The van der Waals surface area contributed by atoms with Crippen molar-refractivity contribution in [1.82, 2.24) is 34.0 Å². The van der Waals surface area contributed by atoms with Crippen LogP contribution in [0, 0.1) is 11.2 Å². The van der Waals surface area contributed by atoms with E-state index in [4.69, 9.17) is 0 Å². The number of nitrogens with zero attached hydrogens (tertiary/aromatic N) is 6. The molecule has 0 aliphatic carbocycles. The summed E-state index contributed by atoms with van der Waals surface area (Å²) >= 11 is 0. The van der Waals surface area contributed by atoms with Gasteiger partial charge in [-0.2, -0.15) is 0 Å². The molecule has 1 N–H and O–H groups in total. The van der Waals surface area contributed by atoms with E-state index in [2.05, 4.69) is 26.8 Å². The first kappa shape index (κ1) is 25.5. The molecule has 0 bridgehead atoms. The Hall–Kier alpha value is -4.18. The van der Waals surface area contributed by atoms with Crippen LogP contribution in [-0.2, 0) is 17.9 Å². The van der Waals surface area contributed by atoms with Gasteiger partial charge in [0.15, 0.2) is 5.78 Å². The minimum absolute atomic E-state index is 0.0231. The highest BCUT2D eigenvalue weighted by Crippen LogP contribution is 2.41. The number of aromatic nitrogens is 3. The van der Waals surface area contributed by atoms with Crippen molar-refractivity contribution < 1.29 is 14.0 Å². The summed E-state index contributed by atoms with van der Waals surface area (Å²) < 4.78 is 19.3. The largest absolute Gasteiger partial charge is 0.376 e. The van der Waals surface area contributed by atoms with E-state index < -0.39 is 0 Å². The maximum atomic E-state index is 15.2. The third-order valence-electron chi connectivity index (χ3n) is 9.91. The summed E-state index contributed by atoms with van der Waals surface area (Å²) in [6, 6.07) is 8.89. The van der Waals surface area contributed by atoms with Crippen molar-refractivity contribution in [3.63, 3.8) is 0 Å². The molecule has 4 aliphatic rings. The maximum absolute atomic E-state index is 15.2. The van der Waals surface area contributed by atoms with Crippen LogP contribution in [0.15, 0.2) is 48.9 Å². The van der Waals surface area contributed by atoms with E-state index in [1.807, 2.05) is 44.8 Å². The molecule has 8 rings (SSSR count). The number of carbonyl (C=O) groups excluding carboxylic acids is 2. The number of piperidine rings is 1. The standard InChI is InChI=1S/C32H34FN7O2/c1-36-9-5-32(6-10-36)7-11-39(20-32)31(42)38-13-12-37-19-24(23-15-22(33)14-21(18-38)30(23)37)29-28(26(41)17-35-29)25-16-34-27-4-2-3-8-40(25)27/h2-4,8,14-16,19,35H,5-7,9-13,17-18,20H2,1H3. The molecule has 3 aromatic heterocycles. The van der Waals surface area contributed by atoms with Gasteiger partial charge in [0.2, 0.25) is 0 Å². The van der Waals surface area contributed by atoms with Gasteiger partial charge in [0.25, 0.3) is 0 Å². The van der Waals surface area contributed by atoms with Crippen molar-refractivity contribution >= 4 is 39.6 Å². The molecule has 2 fully saturated rings. The van der Waals surface area contributed by atoms with Crippen LogP contribution in [0.4, 0.5) is 9.18 Å². The molecule has 10 heteroatoms. The Balaban J connectivity index is 1.14. The van der Waals surface area contributed by atoms with Crippen molar-refractivity contribution in [2.24, 2.45) is 5.41 Å². The quantitative estimate of drug-likeness (QED) is 0.399.